The standard InChI is InChI=1S/C56H98O12S/c1-3-5-7-9-11-13-15-17-19-21-23-24-25-26-27-29-31-33-35-37-39-41-43-45-52(58)66-50(49-65-56-54(60)55(68-69(61,62)63)53(59)51(47-57)67-56)48-64-46-44-42-40-38-36-34-32-30-28-22-20-18-16-14-12-10-8-6-4-2/h5,7,11,13,17,19,23-24,26-27,31,33,50-51,53-57,59-60H,3-4,6,8-10,12,14-16,18,20-22,25,28-30,32,34-49H2,1-2H3,(H,61,62,63)/b7-5-,13-11-,19-17-,24-23-,27-26-,33-31-. The third-order valence-electron chi connectivity index (χ3n) is 12.1. The average molecular weight is 995 g/mol. The summed E-state index contributed by atoms with van der Waals surface area (Å²) >= 11 is 0. The molecule has 0 amide bonds. The number of ether oxygens (including phenoxy) is 4. The summed E-state index contributed by atoms with van der Waals surface area (Å²) in [5.41, 5.74) is 0. The van der Waals surface area contributed by atoms with Crippen LogP contribution in [0.2, 0.25) is 0 Å². The molecular formula is C56H98O12S. The molecule has 69 heavy (non-hydrogen) atoms. The molecule has 1 heterocycles. The molecule has 0 saturated carbocycles. The Bertz CT molecular complexity index is 1470. The number of carbonyl (C=O) groups is 1. The highest BCUT2D eigenvalue weighted by Gasteiger charge is 2.48. The second-order valence-electron chi connectivity index (χ2n) is 18.4. The van der Waals surface area contributed by atoms with Crippen molar-refractivity contribution in [2.75, 3.05) is 26.4 Å². The van der Waals surface area contributed by atoms with Crippen LogP contribution in [0.3, 0.4) is 0 Å². The Morgan fingerprint density at radius 3 is 1.46 bits per heavy atom. The molecule has 0 spiro atoms. The lowest BCUT2D eigenvalue weighted by atomic mass is 9.99. The van der Waals surface area contributed by atoms with Gasteiger partial charge < -0.3 is 34.3 Å². The molecule has 400 valence electrons. The van der Waals surface area contributed by atoms with E-state index >= 15 is 0 Å². The summed E-state index contributed by atoms with van der Waals surface area (Å²) in [5.74, 6) is -0.422. The summed E-state index contributed by atoms with van der Waals surface area (Å²) in [6, 6.07) is 0. The number of unbranched alkanes of at least 4 members (excludes halogenated alkanes) is 22. The number of carbonyl (C=O) groups excluding carboxylic acids is 1. The van der Waals surface area contributed by atoms with E-state index in [1.165, 1.54) is 103 Å². The molecule has 0 radical (unpaired) electrons. The predicted molar refractivity (Wildman–Crippen MR) is 280 cm³/mol. The van der Waals surface area contributed by atoms with E-state index in [1.807, 2.05) is 0 Å². The van der Waals surface area contributed by atoms with Gasteiger partial charge in [-0.1, -0.05) is 215 Å². The monoisotopic (exact) mass is 995 g/mol. The Hall–Kier alpha value is -2.46. The van der Waals surface area contributed by atoms with Gasteiger partial charge in [0.2, 0.25) is 0 Å². The van der Waals surface area contributed by atoms with Crippen molar-refractivity contribution in [1.82, 2.24) is 0 Å². The molecule has 12 nitrogen and oxygen atoms in total. The van der Waals surface area contributed by atoms with Crippen molar-refractivity contribution >= 4 is 16.4 Å². The first-order chi connectivity index (χ1) is 33.6. The molecule has 6 atom stereocenters. The van der Waals surface area contributed by atoms with Crippen LogP contribution >= 0.6 is 0 Å². The van der Waals surface area contributed by atoms with Gasteiger partial charge in [0.05, 0.1) is 19.8 Å². The zero-order chi connectivity index (χ0) is 50.3. The van der Waals surface area contributed by atoms with Gasteiger partial charge in [-0.05, 0) is 64.2 Å². The number of aliphatic hydroxyl groups excluding tert-OH is 3. The van der Waals surface area contributed by atoms with Crippen molar-refractivity contribution in [3.63, 3.8) is 0 Å². The topological polar surface area (TPSA) is 178 Å². The number of esters is 1. The summed E-state index contributed by atoms with van der Waals surface area (Å²) in [6.07, 6.45) is 52.2. The molecule has 13 heteroatoms. The van der Waals surface area contributed by atoms with E-state index in [9.17, 15) is 33.1 Å². The summed E-state index contributed by atoms with van der Waals surface area (Å²) < 4.78 is 59.3. The van der Waals surface area contributed by atoms with Crippen molar-refractivity contribution in [3.05, 3.63) is 72.9 Å². The van der Waals surface area contributed by atoms with Crippen LogP contribution in [0.15, 0.2) is 72.9 Å². The van der Waals surface area contributed by atoms with Gasteiger partial charge in [0.1, 0.15) is 30.5 Å². The molecule has 0 aliphatic carbocycles. The Kier molecular flexibility index (Phi) is 43.6. The minimum absolute atomic E-state index is 0.0244. The molecule has 0 bridgehead atoms. The van der Waals surface area contributed by atoms with Crippen molar-refractivity contribution in [3.8, 4) is 0 Å². The van der Waals surface area contributed by atoms with Gasteiger partial charge in [-0.25, -0.2) is 4.18 Å². The van der Waals surface area contributed by atoms with Crippen LogP contribution < -0.4 is 0 Å². The van der Waals surface area contributed by atoms with Crippen molar-refractivity contribution in [1.29, 1.82) is 0 Å². The van der Waals surface area contributed by atoms with Crippen molar-refractivity contribution in [2.45, 2.75) is 250 Å². The first kappa shape index (κ1) is 64.6. The normalized spacial score (nSPS) is 19.8. The summed E-state index contributed by atoms with van der Waals surface area (Å²) in [5, 5.41) is 30.8. The fourth-order valence-electron chi connectivity index (χ4n) is 8.03. The number of hydrogen-bond acceptors (Lipinski definition) is 11. The maximum absolute atomic E-state index is 12.9. The third kappa shape index (κ3) is 39.8. The van der Waals surface area contributed by atoms with Crippen molar-refractivity contribution < 1.29 is 56.2 Å². The highest BCUT2D eigenvalue weighted by Crippen LogP contribution is 2.26. The number of aliphatic hydroxyl groups is 3. The molecular weight excluding hydrogens is 897 g/mol. The van der Waals surface area contributed by atoms with Crippen LogP contribution in [-0.2, 0) is 38.3 Å². The minimum atomic E-state index is -5.07. The van der Waals surface area contributed by atoms with Crippen LogP contribution in [0.5, 0.6) is 0 Å². The van der Waals surface area contributed by atoms with Crippen LogP contribution in [0, 0.1) is 0 Å². The highest BCUT2D eigenvalue weighted by molar-refractivity contribution is 7.80. The van der Waals surface area contributed by atoms with Gasteiger partial charge >= 0.3 is 16.4 Å². The van der Waals surface area contributed by atoms with Gasteiger partial charge in [-0.2, -0.15) is 8.42 Å². The largest absolute Gasteiger partial charge is 0.457 e. The number of hydrogen-bond donors (Lipinski definition) is 4. The fourth-order valence-corrected chi connectivity index (χ4v) is 8.54. The Labute approximate surface area is 420 Å². The van der Waals surface area contributed by atoms with Crippen molar-refractivity contribution in [2.24, 2.45) is 0 Å². The van der Waals surface area contributed by atoms with Gasteiger partial charge in [0.25, 0.3) is 0 Å². The van der Waals surface area contributed by atoms with E-state index in [2.05, 4.69) is 90.9 Å². The lowest BCUT2D eigenvalue weighted by Crippen LogP contribution is -2.60. The van der Waals surface area contributed by atoms with Gasteiger partial charge in [0, 0.05) is 13.0 Å². The molecule has 1 aliphatic rings. The zero-order valence-electron chi connectivity index (χ0n) is 43.1. The lowest BCUT2D eigenvalue weighted by Gasteiger charge is -2.41. The van der Waals surface area contributed by atoms with Gasteiger partial charge in [0.15, 0.2) is 6.29 Å². The maximum Gasteiger partial charge on any atom is 0.397 e. The van der Waals surface area contributed by atoms with E-state index in [0.29, 0.717) is 13.0 Å². The third-order valence-corrected chi connectivity index (χ3v) is 12.6. The molecule has 0 aromatic rings. The summed E-state index contributed by atoms with van der Waals surface area (Å²) in [4.78, 5) is 12.9. The fraction of sp³-hybridized carbons (Fsp3) is 0.768. The highest BCUT2D eigenvalue weighted by atomic mass is 32.3. The molecule has 1 fully saturated rings. The lowest BCUT2D eigenvalue weighted by molar-refractivity contribution is -0.301. The average Bonchev–Trinajstić information content (AvgIpc) is 3.32. The number of allylic oxidation sites excluding steroid dienone is 12. The van der Waals surface area contributed by atoms with Crippen LogP contribution in [0.25, 0.3) is 0 Å². The van der Waals surface area contributed by atoms with E-state index in [0.717, 1.165) is 83.5 Å². The SMILES string of the molecule is CC/C=C\C/C=C\C/C=C\C/C=C\C/C=C\C/C=C\CCCCCCC(=O)OC(COCCCCCCCCCCCCCCCCCCCCC)COC1OC(CO)C(O)C(OS(=O)(=O)O)C1O. The minimum Gasteiger partial charge on any atom is -0.457 e. The number of rotatable bonds is 47. The van der Waals surface area contributed by atoms with Gasteiger partial charge in [-0.3, -0.25) is 9.35 Å². The summed E-state index contributed by atoms with van der Waals surface area (Å²) in [7, 11) is -5.07. The Morgan fingerprint density at radius 1 is 0.565 bits per heavy atom. The molecule has 4 N–H and O–H groups in total. The quantitative estimate of drug-likeness (QED) is 0.0197. The zero-order valence-corrected chi connectivity index (χ0v) is 43.9. The second-order valence-corrected chi connectivity index (χ2v) is 19.5. The van der Waals surface area contributed by atoms with E-state index < -0.39 is 59.8 Å². The van der Waals surface area contributed by atoms with Gasteiger partial charge in [-0.15, -0.1) is 0 Å². The maximum atomic E-state index is 12.9. The molecule has 6 unspecified atom stereocenters. The summed E-state index contributed by atoms with van der Waals surface area (Å²) in [6.45, 7) is 3.87. The first-order valence-corrected chi connectivity index (χ1v) is 28.6. The Morgan fingerprint density at radius 2 is 1.00 bits per heavy atom. The molecule has 1 saturated heterocycles. The van der Waals surface area contributed by atoms with E-state index in [1.54, 1.807) is 0 Å². The Balaban J connectivity index is 2.36. The van der Waals surface area contributed by atoms with Crippen LogP contribution in [-0.4, -0.2) is 97.5 Å². The van der Waals surface area contributed by atoms with Crippen LogP contribution in [0.4, 0.5) is 0 Å². The first-order valence-electron chi connectivity index (χ1n) is 27.2. The van der Waals surface area contributed by atoms with E-state index in [-0.39, 0.29) is 19.6 Å². The second kappa shape index (κ2) is 46.6. The smallest absolute Gasteiger partial charge is 0.397 e. The van der Waals surface area contributed by atoms with E-state index in [4.69, 9.17) is 18.9 Å². The molecule has 1 aliphatic heterocycles. The molecule has 0 aromatic carbocycles. The molecule has 0 aromatic heterocycles. The molecule has 1 rings (SSSR count). The predicted octanol–water partition coefficient (Wildman–Crippen LogP) is 13.0. The van der Waals surface area contributed by atoms with Crippen LogP contribution in [0.1, 0.15) is 213 Å².